The van der Waals surface area contributed by atoms with Gasteiger partial charge in [0, 0.05) is 16.7 Å². The molecule has 29 heavy (non-hydrogen) atoms. The number of benzene rings is 3. The molecule has 4 aromatic rings. The van der Waals surface area contributed by atoms with Crippen LogP contribution in [0.4, 0.5) is 0 Å². The molecule has 0 bridgehead atoms. The topological polar surface area (TPSA) is 59.3 Å². The summed E-state index contributed by atoms with van der Waals surface area (Å²) in [6.45, 7) is 0. The summed E-state index contributed by atoms with van der Waals surface area (Å²) in [5.74, 6) is 0.340. The monoisotopic (exact) mass is 379 g/mol. The Morgan fingerprint density at radius 3 is 2.24 bits per heavy atom. The van der Waals surface area contributed by atoms with Crippen LogP contribution in [-0.2, 0) is 0 Å². The number of carbonyl (C=O) groups excluding carboxylic acids is 2. The summed E-state index contributed by atoms with van der Waals surface area (Å²) >= 11 is 0. The van der Waals surface area contributed by atoms with E-state index in [1.165, 1.54) is 0 Å². The predicted molar refractivity (Wildman–Crippen MR) is 110 cm³/mol. The normalized spacial score (nSPS) is 12.9. The average Bonchev–Trinajstić information content (AvgIpc) is 3.40. The van der Waals surface area contributed by atoms with Gasteiger partial charge in [0.25, 0.3) is 5.91 Å². The first-order valence-electron chi connectivity index (χ1n) is 9.40. The minimum Gasteiger partial charge on any atom is -0.467 e. The largest absolute Gasteiger partial charge is 0.467 e. The highest BCUT2D eigenvalue weighted by Gasteiger charge is 2.28. The fourth-order valence-corrected chi connectivity index (χ4v) is 3.80. The minimum atomic E-state index is -0.417. The van der Waals surface area contributed by atoms with Gasteiger partial charge in [-0.25, -0.2) is 0 Å². The number of carbonyl (C=O) groups is 2. The molecule has 1 atom stereocenters. The molecular formula is C25H17NO3. The van der Waals surface area contributed by atoms with Crippen molar-refractivity contribution < 1.29 is 14.0 Å². The van der Waals surface area contributed by atoms with Crippen molar-refractivity contribution in [3.63, 3.8) is 0 Å². The Morgan fingerprint density at radius 1 is 0.759 bits per heavy atom. The molecule has 0 aliphatic heterocycles. The molecule has 1 unspecified atom stereocenters. The molecule has 1 aromatic heterocycles. The van der Waals surface area contributed by atoms with E-state index in [0.717, 1.165) is 16.7 Å². The van der Waals surface area contributed by atoms with Gasteiger partial charge in [-0.05, 0) is 41.0 Å². The smallest absolute Gasteiger partial charge is 0.252 e. The van der Waals surface area contributed by atoms with E-state index in [2.05, 4.69) is 5.32 Å². The van der Waals surface area contributed by atoms with Crippen molar-refractivity contribution in [3.05, 3.63) is 119 Å². The number of rotatable bonds is 4. The van der Waals surface area contributed by atoms with Gasteiger partial charge in [0.2, 0.25) is 0 Å². The molecule has 1 heterocycles. The van der Waals surface area contributed by atoms with E-state index in [1.807, 2.05) is 66.7 Å². The number of furan rings is 1. The number of hydrogen-bond donors (Lipinski definition) is 1. The highest BCUT2D eigenvalue weighted by Crippen LogP contribution is 2.36. The van der Waals surface area contributed by atoms with Crippen molar-refractivity contribution in [1.82, 2.24) is 5.32 Å². The minimum absolute atomic E-state index is 0.0455. The standard InChI is InChI=1S/C25H17NO3/c27-24-20-10-5-4-9-18(20)19-13-12-17(15-21(19)24)25(28)26-23(22-11-6-14-29-22)16-7-2-1-3-8-16/h1-15,23H,(H,26,28). The second-order valence-electron chi connectivity index (χ2n) is 6.97. The molecule has 5 rings (SSSR count). The number of nitrogens with one attached hydrogen (secondary N) is 1. The molecule has 0 radical (unpaired) electrons. The van der Waals surface area contributed by atoms with E-state index in [0.29, 0.717) is 22.5 Å². The van der Waals surface area contributed by atoms with Gasteiger partial charge in [0.15, 0.2) is 5.78 Å². The molecule has 140 valence electrons. The van der Waals surface area contributed by atoms with Gasteiger partial charge in [0.1, 0.15) is 11.8 Å². The molecule has 1 amide bonds. The number of fused-ring (bicyclic) bond motifs is 3. The van der Waals surface area contributed by atoms with Gasteiger partial charge >= 0.3 is 0 Å². The van der Waals surface area contributed by atoms with E-state index >= 15 is 0 Å². The third-order valence-corrected chi connectivity index (χ3v) is 5.22. The van der Waals surface area contributed by atoms with Crippen molar-refractivity contribution in [1.29, 1.82) is 0 Å². The van der Waals surface area contributed by atoms with E-state index in [1.54, 1.807) is 24.5 Å². The van der Waals surface area contributed by atoms with Crippen LogP contribution in [0.1, 0.15) is 43.6 Å². The fraction of sp³-hybridized carbons (Fsp3) is 0.0400. The molecule has 1 N–H and O–H groups in total. The maximum atomic E-state index is 13.0. The summed E-state index contributed by atoms with van der Waals surface area (Å²) in [7, 11) is 0. The molecule has 3 aromatic carbocycles. The second-order valence-corrected chi connectivity index (χ2v) is 6.97. The zero-order valence-corrected chi connectivity index (χ0v) is 15.5. The molecule has 0 saturated carbocycles. The Morgan fingerprint density at radius 2 is 1.48 bits per heavy atom. The van der Waals surface area contributed by atoms with Crippen molar-refractivity contribution in [3.8, 4) is 11.1 Å². The van der Waals surface area contributed by atoms with Gasteiger partial charge in [0.05, 0.1) is 6.26 Å². The van der Waals surface area contributed by atoms with Crippen molar-refractivity contribution in [2.75, 3.05) is 0 Å². The molecule has 1 aliphatic carbocycles. The number of ketones is 1. The average molecular weight is 379 g/mol. The second kappa shape index (κ2) is 6.91. The lowest BCUT2D eigenvalue weighted by atomic mass is 10.0. The Balaban J connectivity index is 1.48. The highest BCUT2D eigenvalue weighted by molar-refractivity contribution is 6.22. The zero-order valence-electron chi connectivity index (χ0n) is 15.5. The predicted octanol–water partition coefficient (Wildman–Crippen LogP) is 5.01. The summed E-state index contributed by atoms with van der Waals surface area (Å²) in [6.07, 6.45) is 1.59. The van der Waals surface area contributed by atoms with Crippen molar-refractivity contribution >= 4 is 11.7 Å². The van der Waals surface area contributed by atoms with Crippen LogP contribution in [0.15, 0.2) is 95.6 Å². The molecule has 0 saturated heterocycles. The quantitative estimate of drug-likeness (QED) is 0.477. The third-order valence-electron chi connectivity index (χ3n) is 5.22. The first-order valence-corrected chi connectivity index (χ1v) is 9.40. The van der Waals surface area contributed by atoms with E-state index in [-0.39, 0.29) is 11.7 Å². The summed E-state index contributed by atoms with van der Waals surface area (Å²) in [4.78, 5) is 25.8. The van der Waals surface area contributed by atoms with Gasteiger partial charge in [-0.1, -0.05) is 60.7 Å². The van der Waals surface area contributed by atoms with Crippen LogP contribution in [-0.4, -0.2) is 11.7 Å². The van der Waals surface area contributed by atoms with E-state index in [9.17, 15) is 9.59 Å². The lowest BCUT2D eigenvalue weighted by Crippen LogP contribution is -2.29. The van der Waals surface area contributed by atoms with E-state index in [4.69, 9.17) is 4.42 Å². The fourth-order valence-electron chi connectivity index (χ4n) is 3.80. The van der Waals surface area contributed by atoms with Crippen molar-refractivity contribution in [2.45, 2.75) is 6.04 Å². The highest BCUT2D eigenvalue weighted by atomic mass is 16.3. The first kappa shape index (κ1) is 17.2. The summed E-state index contributed by atoms with van der Waals surface area (Å²) < 4.78 is 5.55. The number of hydrogen-bond acceptors (Lipinski definition) is 3. The Bertz CT molecular complexity index is 1210. The maximum Gasteiger partial charge on any atom is 0.252 e. The zero-order chi connectivity index (χ0) is 19.8. The maximum absolute atomic E-state index is 13.0. The van der Waals surface area contributed by atoms with Crippen LogP contribution < -0.4 is 5.32 Å². The van der Waals surface area contributed by atoms with Gasteiger partial charge in [-0.2, -0.15) is 0 Å². The van der Waals surface area contributed by atoms with Gasteiger partial charge < -0.3 is 9.73 Å². The molecule has 0 fully saturated rings. The van der Waals surface area contributed by atoms with Crippen LogP contribution in [0.2, 0.25) is 0 Å². The summed E-state index contributed by atoms with van der Waals surface area (Å²) in [5.41, 5.74) is 4.38. The Hall–Kier alpha value is -3.92. The molecule has 4 heteroatoms. The van der Waals surface area contributed by atoms with Gasteiger partial charge in [-0.3, -0.25) is 9.59 Å². The molecule has 1 aliphatic rings. The van der Waals surface area contributed by atoms with Crippen molar-refractivity contribution in [2.24, 2.45) is 0 Å². The first-order chi connectivity index (χ1) is 14.2. The number of amides is 1. The van der Waals surface area contributed by atoms with Crippen LogP contribution in [0.5, 0.6) is 0 Å². The van der Waals surface area contributed by atoms with E-state index < -0.39 is 6.04 Å². The van der Waals surface area contributed by atoms with Gasteiger partial charge in [-0.15, -0.1) is 0 Å². The van der Waals surface area contributed by atoms with Crippen LogP contribution in [0.25, 0.3) is 11.1 Å². The summed E-state index contributed by atoms with van der Waals surface area (Å²) in [5, 5.41) is 3.04. The molecule has 0 spiro atoms. The lowest BCUT2D eigenvalue weighted by molar-refractivity contribution is 0.0939. The Kier molecular flexibility index (Phi) is 4.10. The molecular weight excluding hydrogens is 362 g/mol. The van der Waals surface area contributed by atoms with Crippen LogP contribution >= 0.6 is 0 Å². The third kappa shape index (κ3) is 2.95. The molecule has 4 nitrogen and oxygen atoms in total. The Labute approximate surface area is 167 Å². The summed E-state index contributed by atoms with van der Waals surface area (Å²) in [6, 6.07) is 25.7. The lowest BCUT2D eigenvalue weighted by Gasteiger charge is -2.17. The SMILES string of the molecule is O=C(NC(c1ccccc1)c1ccco1)c1ccc2c(c1)C(=O)c1ccccc1-2. The van der Waals surface area contributed by atoms with Crippen LogP contribution in [0, 0.1) is 0 Å². The van der Waals surface area contributed by atoms with Crippen LogP contribution in [0.3, 0.4) is 0 Å².